The highest BCUT2D eigenvalue weighted by Crippen LogP contribution is 2.32. The van der Waals surface area contributed by atoms with Crippen molar-refractivity contribution in [3.05, 3.63) is 17.7 Å². The maximum absolute atomic E-state index is 5.32. The van der Waals surface area contributed by atoms with Crippen molar-refractivity contribution < 1.29 is 18.9 Å². The van der Waals surface area contributed by atoms with Crippen LogP contribution >= 0.6 is 12.2 Å². The van der Waals surface area contributed by atoms with Crippen LogP contribution in [0.4, 0.5) is 0 Å². The van der Waals surface area contributed by atoms with Crippen molar-refractivity contribution in [3.63, 3.8) is 0 Å². The average Bonchev–Trinajstić information content (AvgIpc) is 2.54. The van der Waals surface area contributed by atoms with Gasteiger partial charge in [0.05, 0.1) is 39.7 Å². The number of hydrogen-bond donors (Lipinski definition) is 2. The Morgan fingerprint density at radius 3 is 2.27 bits per heavy atom. The summed E-state index contributed by atoms with van der Waals surface area (Å²) in [6.45, 7) is 1.17. The number of hydrogen-bond acceptors (Lipinski definition) is 6. The number of nitrogens with one attached hydrogen (secondary N) is 2. The number of methoxy groups -OCH3 is 4. The first-order chi connectivity index (χ1) is 10.7. The van der Waals surface area contributed by atoms with E-state index >= 15 is 0 Å². The van der Waals surface area contributed by atoms with Gasteiger partial charge in [0.2, 0.25) is 0 Å². The Labute approximate surface area is 135 Å². The molecule has 2 N–H and O–H groups in total. The number of hydrazone groups is 1. The highest BCUT2D eigenvalue weighted by Gasteiger charge is 2.11. The molecule has 0 aliphatic rings. The predicted octanol–water partition coefficient (Wildman–Crippen LogP) is 1.16. The summed E-state index contributed by atoms with van der Waals surface area (Å²) in [5.74, 6) is 1.80. The highest BCUT2D eigenvalue weighted by atomic mass is 32.1. The second kappa shape index (κ2) is 9.80. The van der Waals surface area contributed by atoms with Crippen LogP contribution in [0.15, 0.2) is 17.2 Å². The van der Waals surface area contributed by atoms with Gasteiger partial charge in [-0.2, -0.15) is 5.10 Å². The standard InChI is InChI=1S/C14H21N3O4S/c1-18-6-5-15-14(22)17-16-9-11-12(20-3)7-10(19-2)8-13(11)21-4/h7-9H,5-6H2,1-4H3,(H2,15,17,22)/b16-9+. The van der Waals surface area contributed by atoms with E-state index in [4.69, 9.17) is 31.2 Å². The molecule has 1 aromatic carbocycles. The Bertz CT molecular complexity index is 498. The fraction of sp³-hybridized carbons (Fsp3) is 0.429. The third-order valence-corrected chi connectivity index (χ3v) is 2.94. The highest BCUT2D eigenvalue weighted by molar-refractivity contribution is 7.80. The quantitative estimate of drug-likeness (QED) is 0.321. The van der Waals surface area contributed by atoms with E-state index in [0.717, 1.165) is 0 Å². The molecule has 0 unspecified atom stereocenters. The SMILES string of the molecule is COCCNC(=S)N/N=C/c1c(OC)cc(OC)cc1OC. The van der Waals surface area contributed by atoms with Crippen molar-refractivity contribution in [1.82, 2.24) is 10.7 Å². The maximum atomic E-state index is 5.32. The van der Waals surface area contributed by atoms with E-state index < -0.39 is 0 Å². The van der Waals surface area contributed by atoms with Gasteiger partial charge >= 0.3 is 0 Å². The van der Waals surface area contributed by atoms with Crippen LogP contribution < -0.4 is 25.0 Å². The molecule has 0 aliphatic carbocycles. The largest absolute Gasteiger partial charge is 0.496 e. The minimum atomic E-state index is 0.403. The topological polar surface area (TPSA) is 73.3 Å². The van der Waals surface area contributed by atoms with Gasteiger partial charge in [0.1, 0.15) is 17.2 Å². The molecule has 0 aliphatic heterocycles. The van der Waals surface area contributed by atoms with E-state index in [1.165, 1.54) is 0 Å². The van der Waals surface area contributed by atoms with E-state index in [9.17, 15) is 0 Å². The Kier molecular flexibility index (Phi) is 8.01. The number of nitrogens with zero attached hydrogens (tertiary/aromatic N) is 1. The first-order valence-corrected chi connectivity index (χ1v) is 6.93. The molecule has 122 valence electrons. The normalized spacial score (nSPS) is 10.4. The number of ether oxygens (including phenoxy) is 4. The zero-order chi connectivity index (χ0) is 16.4. The molecule has 0 heterocycles. The van der Waals surface area contributed by atoms with Gasteiger partial charge in [-0.15, -0.1) is 0 Å². The summed E-state index contributed by atoms with van der Waals surface area (Å²) in [6.07, 6.45) is 1.57. The van der Waals surface area contributed by atoms with Crippen molar-refractivity contribution in [1.29, 1.82) is 0 Å². The first kappa shape index (κ1) is 18.0. The van der Waals surface area contributed by atoms with Crippen molar-refractivity contribution in [2.24, 2.45) is 5.10 Å². The molecule has 22 heavy (non-hydrogen) atoms. The van der Waals surface area contributed by atoms with E-state index in [1.54, 1.807) is 46.8 Å². The fourth-order valence-corrected chi connectivity index (χ4v) is 1.78. The van der Waals surface area contributed by atoms with Gasteiger partial charge < -0.3 is 24.3 Å². The van der Waals surface area contributed by atoms with Crippen molar-refractivity contribution >= 4 is 23.5 Å². The Balaban J connectivity index is 2.79. The van der Waals surface area contributed by atoms with E-state index in [1.807, 2.05) is 0 Å². The molecular formula is C14H21N3O4S. The van der Waals surface area contributed by atoms with Crippen LogP contribution in [-0.4, -0.2) is 52.9 Å². The van der Waals surface area contributed by atoms with Gasteiger partial charge in [0.15, 0.2) is 5.11 Å². The smallest absolute Gasteiger partial charge is 0.187 e. The molecular weight excluding hydrogens is 306 g/mol. The van der Waals surface area contributed by atoms with Crippen LogP contribution in [0.2, 0.25) is 0 Å². The summed E-state index contributed by atoms with van der Waals surface area (Å²) >= 11 is 5.07. The molecule has 0 radical (unpaired) electrons. The first-order valence-electron chi connectivity index (χ1n) is 6.52. The number of thiocarbonyl (C=S) groups is 1. The third-order valence-electron chi connectivity index (χ3n) is 2.70. The minimum Gasteiger partial charge on any atom is -0.496 e. The van der Waals surface area contributed by atoms with E-state index in [0.29, 0.717) is 41.1 Å². The van der Waals surface area contributed by atoms with Crippen LogP contribution in [-0.2, 0) is 4.74 Å². The summed E-state index contributed by atoms with van der Waals surface area (Å²) in [7, 11) is 6.33. The molecule has 7 nitrogen and oxygen atoms in total. The summed E-state index contributed by atoms with van der Waals surface area (Å²) in [5, 5.41) is 7.42. The van der Waals surface area contributed by atoms with Gasteiger partial charge in [0, 0.05) is 25.8 Å². The molecule has 0 saturated carbocycles. The van der Waals surface area contributed by atoms with E-state index in [-0.39, 0.29) is 0 Å². The average molecular weight is 327 g/mol. The lowest BCUT2D eigenvalue weighted by Gasteiger charge is -2.12. The molecule has 0 aromatic heterocycles. The third kappa shape index (κ3) is 5.38. The zero-order valence-electron chi connectivity index (χ0n) is 13.1. The molecule has 0 spiro atoms. The van der Waals surface area contributed by atoms with Crippen molar-refractivity contribution in [2.75, 3.05) is 41.6 Å². The minimum absolute atomic E-state index is 0.403. The van der Waals surface area contributed by atoms with E-state index in [2.05, 4.69) is 15.8 Å². The molecule has 1 rings (SSSR count). The molecule has 0 fully saturated rings. The van der Waals surface area contributed by atoms with Crippen LogP contribution in [0, 0.1) is 0 Å². The van der Waals surface area contributed by atoms with Crippen molar-refractivity contribution in [2.45, 2.75) is 0 Å². The molecule has 0 atom stereocenters. The summed E-state index contributed by atoms with van der Waals surface area (Å²) in [6, 6.07) is 3.50. The molecule has 0 saturated heterocycles. The lowest BCUT2D eigenvalue weighted by atomic mass is 10.2. The summed E-state index contributed by atoms with van der Waals surface area (Å²) in [5.41, 5.74) is 3.39. The molecule has 0 bridgehead atoms. The Morgan fingerprint density at radius 2 is 1.77 bits per heavy atom. The van der Waals surface area contributed by atoms with Gasteiger partial charge in [-0.3, -0.25) is 5.43 Å². The Morgan fingerprint density at radius 1 is 1.14 bits per heavy atom. The maximum Gasteiger partial charge on any atom is 0.187 e. The lowest BCUT2D eigenvalue weighted by Crippen LogP contribution is -2.34. The second-order valence-corrected chi connectivity index (χ2v) is 4.47. The Hall–Kier alpha value is -2.06. The van der Waals surface area contributed by atoms with Crippen LogP contribution in [0.25, 0.3) is 0 Å². The molecule has 0 amide bonds. The lowest BCUT2D eigenvalue weighted by molar-refractivity contribution is 0.204. The van der Waals surface area contributed by atoms with Gasteiger partial charge in [-0.05, 0) is 12.2 Å². The monoisotopic (exact) mass is 327 g/mol. The van der Waals surface area contributed by atoms with Crippen molar-refractivity contribution in [3.8, 4) is 17.2 Å². The van der Waals surface area contributed by atoms with Crippen LogP contribution in [0.1, 0.15) is 5.56 Å². The number of rotatable bonds is 8. The molecule has 8 heteroatoms. The summed E-state index contributed by atoms with van der Waals surface area (Å²) < 4.78 is 20.8. The predicted molar refractivity (Wildman–Crippen MR) is 89.3 cm³/mol. The fourth-order valence-electron chi connectivity index (χ4n) is 1.62. The van der Waals surface area contributed by atoms with Crippen LogP contribution in [0.3, 0.4) is 0 Å². The van der Waals surface area contributed by atoms with Gasteiger partial charge in [-0.1, -0.05) is 0 Å². The zero-order valence-corrected chi connectivity index (χ0v) is 14.0. The van der Waals surface area contributed by atoms with Gasteiger partial charge in [0.25, 0.3) is 0 Å². The van der Waals surface area contributed by atoms with Gasteiger partial charge in [-0.25, -0.2) is 0 Å². The summed E-state index contributed by atoms with van der Waals surface area (Å²) in [4.78, 5) is 0. The number of benzene rings is 1. The molecule has 1 aromatic rings. The van der Waals surface area contributed by atoms with Crippen LogP contribution in [0.5, 0.6) is 17.2 Å². The second-order valence-electron chi connectivity index (χ2n) is 4.06.